The van der Waals surface area contributed by atoms with Gasteiger partial charge in [0, 0.05) is 24.5 Å². The summed E-state index contributed by atoms with van der Waals surface area (Å²) in [5, 5.41) is 2.68. The predicted molar refractivity (Wildman–Crippen MR) is 70.4 cm³/mol. The van der Waals surface area contributed by atoms with Crippen LogP contribution in [0, 0.1) is 0 Å². The number of anilines is 1. The summed E-state index contributed by atoms with van der Waals surface area (Å²) in [5.41, 5.74) is 1.79. The van der Waals surface area contributed by atoms with Crippen molar-refractivity contribution in [3.8, 4) is 0 Å². The molecule has 2 rings (SSSR count). The summed E-state index contributed by atoms with van der Waals surface area (Å²) in [6.07, 6.45) is 3.26. The highest BCUT2D eigenvalue weighted by atomic mass is 16.1. The third-order valence-electron chi connectivity index (χ3n) is 2.45. The number of aromatic nitrogens is 2. The second kappa shape index (κ2) is 5.46. The second-order valence-corrected chi connectivity index (χ2v) is 4.33. The summed E-state index contributed by atoms with van der Waals surface area (Å²) >= 11 is 0. The molecule has 2 aromatic rings. The molecule has 0 aliphatic carbocycles. The molecule has 1 heterocycles. The van der Waals surface area contributed by atoms with E-state index in [1.165, 1.54) is 5.56 Å². The van der Waals surface area contributed by atoms with Crippen molar-refractivity contribution in [2.24, 2.45) is 0 Å². The third-order valence-corrected chi connectivity index (χ3v) is 2.45. The van der Waals surface area contributed by atoms with Gasteiger partial charge in [-0.3, -0.25) is 10.1 Å². The van der Waals surface area contributed by atoms with Crippen molar-refractivity contribution in [2.45, 2.75) is 6.54 Å². The molecule has 0 saturated carbocycles. The topological polar surface area (TPSA) is 61.0 Å². The fraction of sp³-hybridized carbons (Fsp3) is 0.231. The zero-order valence-electron chi connectivity index (χ0n) is 10.5. The van der Waals surface area contributed by atoms with E-state index in [2.05, 4.69) is 20.2 Å². The number of benzene rings is 1. The molecule has 5 heteroatoms. The average molecular weight is 244 g/mol. The summed E-state index contributed by atoms with van der Waals surface area (Å²) in [4.78, 5) is 20.7. The molecule has 1 aromatic carbocycles. The van der Waals surface area contributed by atoms with Crippen LogP contribution in [0.25, 0.3) is 0 Å². The lowest BCUT2D eigenvalue weighted by atomic mass is 10.1. The number of H-pyrrole nitrogens is 1. The Kier molecular flexibility index (Phi) is 3.74. The number of carbonyl (C=O) groups is 1. The van der Waals surface area contributed by atoms with Crippen LogP contribution in [0.3, 0.4) is 0 Å². The van der Waals surface area contributed by atoms with Crippen molar-refractivity contribution in [2.75, 3.05) is 19.4 Å². The Morgan fingerprint density at radius 3 is 2.61 bits per heavy atom. The first-order valence-electron chi connectivity index (χ1n) is 5.69. The van der Waals surface area contributed by atoms with Crippen molar-refractivity contribution < 1.29 is 4.79 Å². The lowest BCUT2D eigenvalue weighted by Crippen LogP contribution is -2.14. The Morgan fingerprint density at radius 2 is 2.06 bits per heavy atom. The molecular formula is C13H16N4O. The Hall–Kier alpha value is -2.14. The normalized spacial score (nSPS) is 10.6. The zero-order chi connectivity index (χ0) is 13.0. The number of aromatic amines is 1. The number of hydrogen-bond donors (Lipinski definition) is 2. The van der Waals surface area contributed by atoms with Crippen molar-refractivity contribution in [3.05, 3.63) is 47.8 Å². The van der Waals surface area contributed by atoms with Crippen LogP contribution in [0.15, 0.2) is 36.7 Å². The van der Waals surface area contributed by atoms with Gasteiger partial charge < -0.3 is 9.88 Å². The molecule has 0 aliphatic rings. The molecular weight excluding hydrogens is 228 g/mol. The molecule has 94 valence electrons. The van der Waals surface area contributed by atoms with E-state index in [0.29, 0.717) is 11.5 Å². The van der Waals surface area contributed by atoms with Crippen LogP contribution in [0.1, 0.15) is 15.9 Å². The van der Waals surface area contributed by atoms with Gasteiger partial charge in [-0.2, -0.15) is 0 Å². The molecule has 1 amide bonds. The van der Waals surface area contributed by atoms with Gasteiger partial charge >= 0.3 is 0 Å². The SMILES string of the molecule is CN(C)Cc1ccc(C(=O)Nc2ncc[nH]2)cc1. The summed E-state index contributed by atoms with van der Waals surface area (Å²) < 4.78 is 0. The Balaban J connectivity index is 2.03. The highest BCUT2D eigenvalue weighted by Gasteiger charge is 2.07. The fourth-order valence-corrected chi connectivity index (χ4v) is 1.64. The molecule has 0 fully saturated rings. The molecule has 0 atom stereocenters. The van der Waals surface area contributed by atoms with Gasteiger partial charge in [0.2, 0.25) is 5.95 Å². The minimum atomic E-state index is -0.165. The quantitative estimate of drug-likeness (QED) is 0.861. The van der Waals surface area contributed by atoms with Crippen molar-refractivity contribution in [3.63, 3.8) is 0 Å². The average Bonchev–Trinajstić information content (AvgIpc) is 2.82. The van der Waals surface area contributed by atoms with Gasteiger partial charge in [0.15, 0.2) is 0 Å². The van der Waals surface area contributed by atoms with Crippen molar-refractivity contribution in [1.82, 2.24) is 14.9 Å². The van der Waals surface area contributed by atoms with Crippen LogP contribution in [0.5, 0.6) is 0 Å². The van der Waals surface area contributed by atoms with Crippen LogP contribution < -0.4 is 5.32 Å². The molecule has 2 N–H and O–H groups in total. The number of rotatable bonds is 4. The van der Waals surface area contributed by atoms with E-state index in [9.17, 15) is 4.79 Å². The summed E-state index contributed by atoms with van der Waals surface area (Å²) in [6.45, 7) is 0.861. The van der Waals surface area contributed by atoms with Gasteiger partial charge in [-0.15, -0.1) is 0 Å². The number of imidazole rings is 1. The van der Waals surface area contributed by atoms with Gasteiger partial charge in [0.1, 0.15) is 0 Å². The standard InChI is InChI=1S/C13H16N4O/c1-17(2)9-10-3-5-11(6-4-10)12(18)16-13-14-7-8-15-13/h3-8H,9H2,1-2H3,(H2,14,15,16,18). The molecule has 0 spiro atoms. The zero-order valence-corrected chi connectivity index (χ0v) is 10.5. The van der Waals surface area contributed by atoms with Crippen LogP contribution in [-0.2, 0) is 6.54 Å². The first-order chi connectivity index (χ1) is 8.65. The van der Waals surface area contributed by atoms with Crippen LogP contribution in [0.4, 0.5) is 5.95 Å². The number of amides is 1. The molecule has 0 aliphatic heterocycles. The van der Waals surface area contributed by atoms with E-state index in [4.69, 9.17) is 0 Å². The fourth-order valence-electron chi connectivity index (χ4n) is 1.64. The molecule has 18 heavy (non-hydrogen) atoms. The molecule has 0 radical (unpaired) electrons. The summed E-state index contributed by atoms with van der Waals surface area (Å²) in [5.74, 6) is 0.290. The van der Waals surface area contributed by atoms with E-state index in [-0.39, 0.29) is 5.91 Å². The first kappa shape index (κ1) is 12.3. The van der Waals surface area contributed by atoms with Gasteiger partial charge in [-0.1, -0.05) is 12.1 Å². The number of carbonyl (C=O) groups excluding carboxylic acids is 1. The van der Waals surface area contributed by atoms with Crippen LogP contribution >= 0.6 is 0 Å². The van der Waals surface area contributed by atoms with Gasteiger partial charge in [0.05, 0.1) is 0 Å². The maximum atomic E-state index is 11.9. The predicted octanol–water partition coefficient (Wildman–Crippen LogP) is 1.72. The smallest absolute Gasteiger partial charge is 0.257 e. The monoisotopic (exact) mass is 244 g/mol. The summed E-state index contributed by atoms with van der Waals surface area (Å²) in [7, 11) is 4.02. The van der Waals surface area contributed by atoms with Gasteiger partial charge in [-0.05, 0) is 31.8 Å². The lowest BCUT2D eigenvalue weighted by Gasteiger charge is -2.09. The van der Waals surface area contributed by atoms with E-state index < -0.39 is 0 Å². The minimum absolute atomic E-state index is 0.165. The molecule has 0 saturated heterocycles. The molecule has 5 nitrogen and oxygen atoms in total. The van der Waals surface area contributed by atoms with Crippen molar-refractivity contribution >= 4 is 11.9 Å². The van der Waals surface area contributed by atoms with Gasteiger partial charge in [0.25, 0.3) is 5.91 Å². The third kappa shape index (κ3) is 3.18. The maximum absolute atomic E-state index is 11.9. The number of hydrogen-bond acceptors (Lipinski definition) is 3. The lowest BCUT2D eigenvalue weighted by molar-refractivity contribution is 0.102. The van der Waals surface area contributed by atoms with E-state index in [1.54, 1.807) is 12.4 Å². The number of nitrogens with zero attached hydrogens (tertiary/aromatic N) is 2. The second-order valence-electron chi connectivity index (χ2n) is 4.33. The Morgan fingerprint density at radius 1 is 1.33 bits per heavy atom. The minimum Gasteiger partial charge on any atom is -0.331 e. The van der Waals surface area contributed by atoms with Gasteiger partial charge in [-0.25, -0.2) is 4.98 Å². The Bertz CT molecular complexity index is 502. The maximum Gasteiger partial charge on any atom is 0.257 e. The molecule has 0 unspecified atom stereocenters. The number of nitrogens with one attached hydrogen (secondary N) is 2. The van der Waals surface area contributed by atoms with E-state index >= 15 is 0 Å². The highest BCUT2D eigenvalue weighted by molar-refractivity contribution is 6.03. The van der Waals surface area contributed by atoms with E-state index in [0.717, 1.165) is 6.54 Å². The van der Waals surface area contributed by atoms with Crippen LogP contribution in [0.2, 0.25) is 0 Å². The molecule has 0 bridgehead atoms. The van der Waals surface area contributed by atoms with E-state index in [1.807, 2.05) is 38.4 Å². The summed E-state index contributed by atoms with van der Waals surface area (Å²) in [6, 6.07) is 7.54. The van der Waals surface area contributed by atoms with Crippen molar-refractivity contribution in [1.29, 1.82) is 0 Å². The highest BCUT2D eigenvalue weighted by Crippen LogP contribution is 2.08. The Labute approximate surface area is 106 Å². The largest absolute Gasteiger partial charge is 0.331 e. The van der Waals surface area contributed by atoms with Crippen LogP contribution in [-0.4, -0.2) is 34.9 Å². The first-order valence-corrected chi connectivity index (χ1v) is 5.69. The molecule has 1 aromatic heterocycles.